The lowest BCUT2D eigenvalue weighted by Gasteiger charge is -2.32. The maximum Gasteiger partial charge on any atom is 0.514 e. The Bertz CT molecular complexity index is 490. The number of aromatic nitrogens is 1. The monoisotopic (exact) mass is 296 g/mol. The molecule has 2 heterocycles. The number of rotatable bonds is 3. The van der Waals surface area contributed by atoms with E-state index in [4.69, 9.17) is 26.6 Å². The van der Waals surface area contributed by atoms with Gasteiger partial charge in [0.2, 0.25) is 0 Å². The predicted octanol–water partition coefficient (Wildman–Crippen LogP) is 1.92. The molecule has 0 aliphatic carbocycles. The molecular weight excluding hydrogens is 274 g/mol. The van der Waals surface area contributed by atoms with Gasteiger partial charge in [0.05, 0.1) is 16.8 Å². The van der Waals surface area contributed by atoms with Crippen LogP contribution in [0.15, 0.2) is 12.1 Å². The summed E-state index contributed by atoms with van der Waals surface area (Å²) >= 11 is 6.22. The van der Waals surface area contributed by atoms with E-state index in [0.29, 0.717) is 17.2 Å². The summed E-state index contributed by atoms with van der Waals surface area (Å²) in [5.41, 5.74) is 6.67. The van der Waals surface area contributed by atoms with Crippen LogP contribution in [0.4, 0.5) is 0 Å². The van der Waals surface area contributed by atoms with Gasteiger partial charge in [-0.2, -0.15) is 0 Å². The molecule has 1 aromatic heterocycles. The van der Waals surface area contributed by atoms with Crippen LogP contribution in [0, 0.1) is 0 Å². The Kier molecular flexibility index (Phi) is 4.18. The van der Waals surface area contributed by atoms with Crippen molar-refractivity contribution in [3.8, 4) is 0 Å². The molecule has 4 nitrogen and oxygen atoms in total. The Morgan fingerprint density at radius 1 is 1.25 bits per heavy atom. The minimum atomic E-state index is -0.484. The van der Waals surface area contributed by atoms with E-state index in [0.717, 1.165) is 5.56 Å². The van der Waals surface area contributed by atoms with Crippen molar-refractivity contribution in [2.75, 3.05) is 0 Å². The second-order valence-electron chi connectivity index (χ2n) is 6.46. The van der Waals surface area contributed by atoms with Gasteiger partial charge in [-0.25, -0.2) is 4.98 Å². The van der Waals surface area contributed by atoms with E-state index in [1.165, 1.54) is 0 Å². The highest BCUT2D eigenvalue weighted by atomic mass is 35.5. The molecule has 0 amide bonds. The van der Waals surface area contributed by atoms with Crippen LogP contribution in [-0.4, -0.2) is 29.3 Å². The molecule has 1 unspecified atom stereocenters. The molecular formula is C14H22BClN2O2. The normalized spacial score (nSPS) is 22.1. The molecule has 1 aliphatic rings. The highest BCUT2D eigenvalue weighted by Gasteiger charge is 2.52. The first kappa shape index (κ1) is 15.8. The number of hydrogen-bond acceptors (Lipinski definition) is 4. The van der Waals surface area contributed by atoms with Crippen LogP contribution in [0.1, 0.15) is 40.2 Å². The van der Waals surface area contributed by atoms with Crippen LogP contribution in [-0.2, 0) is 15.7 Å². The molecule has 0 bridgehead atoms. The molecule has 1 saturated heterocycles. The Hall–Kier alpha value is -0.615. The lowest BCUT2D eigenvalue weighted by atomic mass is 9.84. The fourth-order valence-electron chi connectivity index (χ4n) is 2.07. The standard InChI is InChI=1S/C14H22BClN2O2/c1-9(17)8-10-6-7-11(18-12(10)16)15-19-13(2,3)14(4,5)20-15/h6-7,9H,8,17H2,1-5H3. The summed E-state index contributed by atoms with van der Waals surface area (Å²) in [5.74, 6) is 0. The lowest BCUT2D eigenvalue weighted by molar-refractivity contribution is 0.00578. The molecule has 1 atom stereocenters. The minimum absolute atomic E-state index is 0.0528. The van der Waals surface area contributed by atoms with Crippen molar-refractivity contribution in [3.63, 3.8) is 0 Å². The van der Waals surface area contributed by atoms with Crippen LogP contribution in [0.2, 0.25) is 5.15 Å². The topological polar surface area (TPSA) is 57.4 Å². The third-order valence-corrected chi connectivity index (χ3v) is 4.31. The fraction of sp³-hybridized carbons (Fsp3) is 0.643. The summed E-state index contributed by atoms with van der Waals surface area (Å²) in [6.45, 7) is 9.99. The van der Waals surface area contributed by atoms with Gasteiger partial charge in [0.25, 0.3) is 0 Å². The predicted molar refractivity (Wildman–Crippen MR) is 82.3 cm³/mol. The van der Waals surface area contributed by atoms with Gasteiger partial charge in [0.15, 0.2) is 0 Å². The SMILES string of the molecule is CC(N)Cc1ccc(B2OC(C)(C)C(C)(C)O2)nc1Cl. The van der Waals surface area contributed by atoms with Crippen molar-refractivity contribution < 1.29 is 9.31 Å². The molecule has 1 aromatic rings. The van der Waals surface area contributed by atoms with Gasteiger partial charge < -0.3 is 15.0 Å². The van der Waals surface area contributed by atoms with Crippen molar-refractivity contribution in [2.24, 2.45) is 5.73 Å². The molecule has 0 radical (unpaired) electrons. The lowest BCUT2D eigenvalue weighted by Crippen LogP contribution is -2.41. The van der Waals surface area contributed by atoms with E-state index < -0.39 is 7.12 Å². The minimum Gasteiger partial charge on any atom is -0.398 e. The van der Waals surface area contributed by atoms with Crippen molar-refractivity contribution in [3.05, 3.63) is 22.8 Å². The zero-order valence-corrected chi connectivity index (χ0v) is 13.5. The molecule has 1 aliphatic heterocycles. The molecule has 0 spiro atoms. The average Bonchev–Trinajstić information content (AvgIpc) is 2.50. The first-order chi connectivity index (χ1) is 9.12. The number of nitrogens with two attached hydrogens (primary N) is 1. The first-order valence-corrected chi connectivity index (χ1v) is 7.27. The Morgan fingerprint density at radius 3 is 2.25 bits per heavy atom. The Labute approximate surface area is 126 Å². The van der Waals surface area contributed by atoms with Crippen molar-refractivity contribution in [1.29, 1.82) is 0 Å². The van der Waals surface area contributed by atoms with E-state index in [2.05, 4.69) is 4.98 Å². The summed E-state index contributed by atoms with van der Waals surface area (Å²) in [4.78, 5) is 4.40. The summed E-state index contributed by atoms with van der Waals surface area (Å²) in [5, 5.41) is 0.467. The quantitative estimate of drug-likeness (QED) is 0.684. The Morgan fingerprint density at radius 2 is 1.80 bits per heavy atom. The molecule has 0 saturated carbocycles. The molecule has 0 aromatic carbocycles. The molecule has 1 fully saturated rings. The number of hydrogen-bond donors (Lipinski definition) is 1. The first-order valence-electron chi connectivity index (χ1n) is 6.89. The second kappa shape index (κ2) is 5.30. The van der Waals surface area contributed by atoms with Gasteiger partial charge in [0.1, 0.15) is 5.15 Å². The zero-order chi connectivity index (χ0) is 15.1. The summed E-state index contributed by atoms with van der Waals surface area (Å²) in [6, 6.07) is 3.89. The highest BCUT2D eigenvalue weighted by Crippen LogP contribution is 2.36. The van der Waals surface area contributed by atoms with Crippen LogP contribution in [0.25, 0.3) is 0 Å². The molecule has 2 rings (SSSR count). The molecule has 110 valence electrons. The van der Waals surface area contributed by atoms with Crippen LogP contribution in [0.5, 0.6) is 0 Å². The van der Waals surface area contributed by atoms with Crippen molar-refractivity contribution >= 4 is 24.3 Å². The van der Waals surface area contributed by atoms with Gasteiger partial charge in [-0.3, -0.25) is 0 Å². The fourth-order valence-corrected chi connectivity index (χ4v) is 2.31. The largest absolute Gasteiger partial charge is 0.514 e. The van der Waals surface area contributed by atoms with E-state index in [1.807, 2.05) is 46.8 Å². The summed E-state index contributed by atoms with van der Waals surface area (Å²) in [6.07, 6.45) is 0.704. The van der Waals surface area contributed by atoms with Crippen molar-refractivity contribution in [2.45, 2.75) is 58.3 Å². The molecule has 6 heteroatoms. The summed E-state index contributed by atoms with van der Waals surface area (Å²) in [7, 11) is -0.484. The zero-order valence-electron chi connectivity index (χ0n) is 12.7. The molecule has 2 N–H and O–H groups in total. The maximum atomic E-state index is 6.22. The van der Waals surface area contributed by atoms with Crippen LogP contribution < -0.4 is 11.3 Å². The third kappa shape index (κ3) is 3.01. The van der Waals surface area contributed by atoms with Crippen LogP contribution in [0.3, 0.4) is 0 Å². The van der Waals surface area contributed by atoms with Gasteiger partial charge in [0, 0.05) is 6.04 Å². The van der Waals surface area contributed by atoms with E-state index in [-0.39, 0.29) is 17.2 Å². The highest BCUT2D eigenvalue weighted by molar-refractivity contribution is 6.61. The third-order valence-electron chi connectivity index (χ3n) is 3.98. The van der Waals surface area contributed by atoms with E-state index in [1.54, 1.807) is 0 Å². The Balaban J connectivity index is 2.22. The van der Waals surface area contributed by atoms with E-state index in [9.17, 15) is 0 Å². The van der Waals surface area contributed by atoms with Gasteiger partial charge in [-0.05, 0) is 52.7 Å². The van der Waals surface area contributed by atoms with Crippen LogP contribution >= 0.6 is 11.6 Å². The van der Waals surface area contributed by atoms with Crippen molar-refractivity contribution in [1.82, 2.24) is 4.98 Å². The maximum absolute atomic E-state index is 6.22. The number of pyridine rings is 1. The average molecular weight is 297 g/mol. The number of halogens is 1. The van der Waals surface area contributed by atoms with Gasteiger partial charge in [-0.1, -0.05) is 17.7 Å². The van der Waals surface area contributed by atoms with Gasteiger partial charge in [-0.15, -0.1) is 0 Å². The summed E-state index contributed by atoms with van der Waals surface area (Å²) < 4.78 is 11.9. The number of nitrogens with zero attached hydrogens (tertiary/aromatic N) is 1. The smallest absolute Gasteiger partial charge is 0.398 e. The van der Waals surface area contributed by atoms with Gasteiger partial charge >= 0.3 is 7.12 Å². The molecule has 20 heavy (non-hydrogen) atoms. The second-order valence-corrected chi connectivity index (χ2v) is 6.81. The van der Waals surface area contributed by atoms with E-state index >= 15 is 0 Å².